The van der Waals surface area contributed by atoms with Crippen molar-refractivity contribution in [3.8, 4) is 0 Å². The van der Waals surface area contributed by atoms with Crippen molar-refractivity contribution in [3.05, 3.63) is 0 Å². The van der Waals surface area contributed by atoms with Crippen molar-refractivity contribution in [2.45, 2.75) is 6.42 Å². The first-order valence-electron chi connectivity index (χ1n) is 6.81. The van der Waals surface area contributed by atoms with Crippen LogP contribution >= 0.6 is 0 Å². The van der Waals surface area contributed by atoms with E-state index in [4.69, 9.17) is 5.11 Å². The normalized spacial score (nSPS) is 21.1. The van der Waals surface area contributed by atoms with Gasteiger partial charge in [0.15, 0.2) is 0 Å². The number of carbonyl (C=O) groups is 3. The summed E-state index contributed by atoms with van der Waals surface area (Å²) in [6, 6.07) is -0.500. The first kappa shape index (κ1) is 14.7. The Labute approximate surface area is 117 Å². The van der Waals surface area contributed by atoms with E-state index in [2.05, 4.69) is 10.2 Å². The fourth-order valence-corrected chi connectivity index (χ4v) is 2.44. The lowest BCUT2D eigenvalue weighted by molar-refractivity contribution is -0.136. The zero-order valence-corrected chi connectivity index (χ0v) is 11.4. The number of imide groups is 1. The average Bonchev–Trinajstić information content (AvgIpc) is 2.66. The van der Waals surface area contributed by atoms with Crippen LogP contribution < -0.4 is 5.32 Å². The second kappa shape index (κ2) is 6.67. The molecule has 0 aromatic carbocycles. The Morgan fingerprint density at radius 1 is 1.20 bits per heavy atom. The Kier molecular flexibility index (Phi) is 4.91. The van der Waals surface area contributed by atoms with Crippen LogP contribution in [0.5, 0.6) is 0 Å². The van der Waals surface area contributed by atoms with Crippen molar-refractivity contribution in [3.63, 3.8) is 0 Å². The molecule has 0 atom stereocenters. The minimum atomic E-state index is -0.500. The Morgan fingerprint density at radius 3 is 2.65 bits per heavy atom. The third-order valence-electron chi connectivity index (χ3n) is 3.59. The minimum Gasteiger partial charge on any atom is -0.395 e. The van der Waals surface area contributed by atoms with Gasteiger partial charge in [-0.3, -0.25) is 19.4 Å². The standard InChI is InChI=1S/C12H20N4O4/c17-7-6-14-2-1-3-15(5-4-14)11(19)9-16-10(18)8-13-12(16)20/h17H,1-9H2,(H,13,20). The van der Waals surface area contributed by atoms with Crippen molar-refractivity contribution >= 4 is 17.8 Å². The van der Waals surface area contributed by atoms with Crippen LogP contribution in [0.3, 0.4) is 0 Å². The summed E-state index contributed by atoms with van der Waals surface area (Å²) in [5.74, 6) is -0.568. The van der Waals surface area contributed by atoms with Gasteiger partial charge >= 0.3 is 6.03 Å². The Hall–Kier alpha value is -1.67. The van der Waals surface area contributed by atoms with E-state index in [1.165, 1.54) is 0 Å². The average molecular weight is 284 g/mol. The fourth-order valence-electron chi connectivity index (χ4n) is 2.44. The van der Waals surface area contributed by atoms with E-state index in [-0.39, 0.29) is 31.5 Å². The van der Waals surface area contributed by atoms with E-state index in [9.17, 15) is 14.4 Å². The summed E-state index contributed by atoms with van der Waals surface area (Å²) < 4.78 is 0. The summed E-state index contributed by atoms with van der Waals surface area (Å²) in [5.41, 5.74) is 0. The highest BCUT2D eigenvalue weighted by atomic mass is 16.3. The highest BCUT2D eigenvalue weighted by Gasteiger charge is 2.31. The van der Waals surface area contributed by atoms with Crippen molar-refractivity contribution in [1.29, 1.82) is 0 Å². The molecule has 112 valence electrons. The van der Waals surface area contributed by atoms with Crippen LogP contribution in [0.4, 0.5) is 4.79 Å². The van der Waals surface area contributed by atoms with E-state index in [1.807, 2.05) is 0 Å². The van der Waals surface area contributed by atoms with Gasteiger partial charge in [0, 0.05) is 26.2 Å². The molecule has 0 radical (unpaired) electrons. The van der Waals surface area contributed by atoms with Gasteiger partial charge in [0.05, 0.1) is 13.2 Å². The second-order valence-corrected chi connectivity index (χ2v) is 4.94. The number of hydrogen-bond acceptors (Lipinski definition) is 5. The Bertz CT molecular complexity index is 385. The number of carbonyl (C=O) groups excluding carboxylic acids is 3. The molecule has 8 nitrogen and oxygen atoms in total. The highest BCUT2D eigenvalue weighted by Crippen LogP contribution is 2.06. The maximum atomic E-state index is 12.1. The van der Waals surface area contributed by atoms with Crippen molar-refractivity contribution in [2.24, 2.45) is 0 Å². The lowest BCUT2D eigenvalue weighted by Gasteiger charge is -2.23. The number of urea groups is 1. The number of β-amino-alcohol motifs (C(OH)–C–C–N with tert-alkyl or cyclic N) is 1. The smallest absolute Gasteiger partial charge is 0.325 e. The van der Waals surface area contributed by atoms with Gasteiger partial charge in [-0.25, -0.2) is 4.79 Å². The molecule has 20 heavy (non-hydrogen) atoms. The number of hydrogen-bond donors (Lipinski definition) is 2. The molecular formula is C12H20N4O4. The molecule has 2 fully saturated rings. The molecule has 0 aliphatic carbocycles. The van der Waals surface area contributed by atoms with Gasteiger partial charge in [-0.15, -0.1) is 0 Å². The van der Waals surface area contributed by atoms with E-state index < -0.39 is 6.03 Å². The quantitative estimate of drug-likeness (QED) is 0.586. The molecular weight excluding hydrogens is 264 g/mol. The summed E-state index contributed by atoms with van der Waals surface area (Å²) in [4.78, 5) is 39.7. The SMILES string of the molecule is O=C(CN1C(=O)CNC1=O)N1CCCN(CCO)CC1. The van der Waals surface area contributed by atoms with Gasteiger partial charge < -0.3 is 15.3 Å². The largest absolute Gasteiger partial charge is 0.395 e. The molecule has 8 heteroatoms. The molecule has 0 bridgehead atoms. The van der Waals surface area contributed by atoms with Crippen LogP contribution in [-0.2, 0) is 9.59 Å². The Balaban J connectivity index is 1.86. The van der Waals surface area contributed by atoms with Crippen LogP contribution in [0.15, 0.2) is 0 Å². The molecule has 2 rings (SSSR count). The van der Waals surface area contributed by atoms with Crippen LogP contribution in [0.2, 0.25) is 0 Å². The van der Waals surface area contributed by atoms with Crippen LogP contribution in [0.1, 0.15) is 6.42 Å². The molecule has 2 saturated heterocycles. The van der Waals surface area contributed by atoms with Crippen molar-refractivity contribution in [2.75, 3.05) is 52.4 Å². The highest BCUT2D eigenvalue weighted by molar-refractivity contribution is 6.04. The van der Waals surface area contributed by atoms with Gasteiger partial charge in [0.25, 0.3) is 5.91 Å². The van der Waals surface area contributed by atoms with E-state index in [0.717, 1.165) is 17.9 Å². The van der Waals surface area contributed by atoms with E-state index in [1.54, 1.807) is 4.90 Å². The number of nitrogens with zero attached hydrogens (tertiary/aromatic N) is 3. The first-order valence-corrected chi connectivity index (χ1v) is 6.81. The lowest BCUT2D eigenvalue weighted by atomic mass is 10.3. The summed E-state index contributed by atoms with van der Waals surface area (Å²) in [6.45, 7) is 3.21. The zero-order valence-electron chi connectivity index (χ0n) is 11.4. The molecule has 0 aromatic heterocycles. The van der Waals surface area contributed by atoms with Crippen molar-refractivity contribution in [1.82, 2.24) is 20.0 Å². The maximum absolute atomic E-state index is 12.1. The zero-order chi connectivity index (χ0) is 14.5. The molecule has 2 aliphatic rings. The Morgan fingerprint density at radius 2 is 2.00 bits per heavy atom. The summed E-state index contributed by atoms with van der Waals surface area (Å²) in [6.07, 6.45) is 0.825. The predicted molar refractivity (Wildman–Crippen MR) is 69.8 cm³/mol. The van der Waals surface area contributed by atoms with Crippen LogP contribution in [0.25, 0.3) is 0 Å². The fraction of sp³-hybridized carbons (Fsp3) is 0.750. The molecule has 0 saturated carbocycles. The molecule has 0 unspecified atom stereocenters. The van der Waals surface area contributed by atoms with Gasteiger partial charge in [0.2, 0.25) is 5.91 Å². The van der Waals surface area contributed by atoms with Gasteiger partial charge in [-0.05, 0) is 13.0 Å². The number of aliphatic hydroxyl groups excluding tert-OH is 1. The minimum absolute atomic E-state index is 0.0314. The maximum Gasteiger partial charge on any atom is 0.325 e. The molecule has 0 spiro atoms. The molecule has 2 heterocycles. The summed E-state index contributed by atoms with van der Waals surface area (Å²) >= 11 is 0. The van der Waals surface area contributed by atoms with Crippen LogP contribution in [0, 0.1) is 0 Å². The summed E-state index contributed by atoms with van der Waals surface area (Å²) in [7, 11) is 0. The van der Waals surface area contributed by atoms with E-state index in [0.29, 0.717) is 26.2 Å². The number of nitrogens with one attached hydrogen (secondary N) is 1. The topological polar surface area (TPSA) is 93.2 Å². The lowest BCUT2D eigenvalue weighted by Crippen LogP contribution is -2.44. The third kappa shape index (κ3) is 3.45. The second-order valence-electron chi connectivity index (χ2n) is 4.94. The molecule has 0 aromatic rings. The number of amides is 4. The van der Waals surface area contributed by atoms with Crippen molar-refractivity contribution < 1.29 is 19.5 Å². The number of rotatable bonds is 4. The third-order valence-corrected chi connectivity index (χ3v) is 3.59. The molecule has 2 N–H and O–H groups in total. The van der Waals surface area contributed by atoms with Gasteiger partial charge in [-0.1, -0.05) is 0 Å². The molecule has 4 amide bonds. The predicted octanol–water partition coefficient (Wildman–Crippen LogP) is -1.94. The molecule has 2 aliphatic heterocycles. The van der Waals surface area contributed by atoms with Gasteiger partial charge in [0.1, 0.15) is 6.54 Å². The van der Waals surface area contributed by atoms with Gasteiger partial charge in [-0.2, -0.15) is 0 Å². The van der Waals surface area contributed by atoms with Crippen LogP contribution in [-0.4, -0.2) is 90.1 Å². The first-order chi connectivity index (χ1) is 9.61. The monoisotopic (exact) mass is 284 g/mol. The number of aliphatic hydroxyl groups is 1. The van der Waals surface area contributed by atoms with E-state index >= 15 is 0 Å². The summed E-state index contributed by atoms with van der Waals surface area (Å²) in [5, 5.41) is 11.3.